The summed E-state index contributed by atoms with van der Waals surface area (Å²) in [6.45, 7) is -0.226. The molecular formula is C16H18N2O5S2. The quantitative estimate of drug-likeness (QED) is 0.556. The molecule has 9 heteroatoms. The van der Waals surface area contributed by atoms with Gasteiger partial charge in [0.1, 0.15) is 0 Å². The van der Waals surface area contributed by atoms with Gasteiger partial charge in [-0.05, 0) is 18.6 Å². The number of rotatable bonds is 7. The van der Waals surface area contributed by atoms with Gasteiger partial charge < -0.3 is 10.1 Å². The minimum atomic E-state index is -2.99. The maximum Gasteiger partial charge on any atom is 0.339 e. The minimum absolute atomic E-state index is 0.0896. The molecule has 1 atom stereocenters. The second-order valence-corrected chi connectivity index (χ2v) is 9.04. The van der Waals surface area contributed by atoms with Crippen LogP contribution >= 0.6 is 11.8 Å². The standard InChI is InChI=1S/C16H18N2O5S2/c17-7-3-8-18-15(19)10-23-16(20)13-4-1-2-5-14(13)24-12-6-9-25(21,22)11-12/h1-2,4-5,12H,3,6,8-11H2,(H,18,19)/t12-/m1/s1. The van der Waals surface area contributed by atoms with Gasteiger partial charge in [0, 0.05) is 16.7 Å². The predicted molar refractivity (Wildman–Crippen MR) is 92.9 cm³/mol. The third kappa shape index (κ3) is 6.07. The summed E-state index contributed by atoms with van der Waals surface area (Å²) in [5.74, 6) is -0.849. The number of thioether (sulfide) groups is 1. The van der Waals surface area contributed by atoms with Crippen molar-refractivity contribution in [1.29, 1.82) is 5.26 Å². The van der Waals surface area contributed by atoms with Gasteiger partial charge in [-0.15, -0.1) is 11.8 Å². The molecule has 25 heavy (non-hydrogen) atoms. The van der Waals surface area contributed by atoms with E-state index in [9.17, 15) is 18.0 Å². The van der Waals surface area contributed by atoms with Crippen molar-refractivity contribution < 1.29 is 22.7 Å². The molecule has 0 bridgehead atoms. The molecule has 1 fully saturated rings. The van der Waals surface area contributed by atoms with Gasteiger partial charge >= 0.3 is 5.97 Å². The van der Waals surface area contributed by atoms with Crippen molar-refractivity contribution in [2.24, 2.45) is 0 Å². The summed E-state index contributed by atoms with van der Waals surface area (Å²) in [5, 5.41) is 10.8. The maximum absolute atomic E-state index is 12.2. The number of amides is 1. The summed E-state index contributed by atoms with van der Waals surface area (Å²) in [4.78, 5) is 24.4. The summed E-state index contributed by atoms with van der Waals surface area (Å²) in [6, 6.07) is 8.65. The van der Waals surface area contributed by atoms with E-state index in [0.717, 1.165) is 0 Å². The number of nitriles is 1. The number of nitrogens with one attached hydrogen (secondary N) is 1. The molecular weight excluding hydrogens is 364 g/mol. The number of benzene rings is 1. The average Bonchev–Trinajstić information content (AvgIpc) is 2.92. The van der Waals surface area contributed by atoms with E-state index in [-0.39, 0.29) is 29.7 Å². The lowest BCUT2D eigenvalue weighted by Gasteiger charge is -2.12. The Bertz CT molecular complexity index is 786. The van der Waals surface area contributed by atoms with E-state index >= 15 is 0 Å². The van der Waals surface area contributed by atoms with Crippen LogP contribution in [0, 0.1) is 11.3 Å². The van der Waals surface area contributed by atoms with Gasteiger partial charge in [-0.3, -0.25) is 4.79 Å². The third-order valence-corrected chi connectivity index (χ3v) is 6.81. The molecule has 1 heterocycles. The zero-order valence-electron chi connectivity index (χ0n) is 13.4. The van der Waals surface area contributed by atoms with E-state index in [1.54, 1.807) is 24.3 Å². The van der Waals surface area contributed by atoms with Crippen molar-refractivity contribution in [3.63, 3.8) is 0 Å². The van der Waals surface area contributed by atoms with Crippen molar-refractivity contribution in [2.45, 2.75) is 23.0 Å². The van der Waals surface area contributed by atoms with Gasteiger partial charge in [-0.25, -0.2) is 13.2 Å². The number of esters is 1. The van der Waals surface area contributed by atoms with Gasteiger partial charge in [-0.1, -0.05) is 12.1 Å². The first-order valence-electron chi connectivity index (χ1n) is 7.68. The monoisotopic (exact) mass is 382 g/mol. The highest BCUT2D eigenvalue weighted by molar-refractivity contribution is 8.02. The highest BCUT2D eigenvalue weighted by Crippen LogP contribution is 2.33. The Morgan fingerprint density at radius 2 is 2.12 bits per heavy atom. The fourth-order valence-electron chi connectivity index (χ4n) is 2.29. The molecule has 1 amide bonds. The minimum Gasteiger partial charge on any atom is -0.452 e. The second-order valence-electron chi connectivity index (χ2n) is 5.47. The Labute approximate surface area is 150 Å². The molecule has 0 unspecified atom stereocenters. The lowest BCUT2D eigenvalue weighted by atomic mass is 10.2. The molecule has 0 saturated carbocycles. The zero-order chi connectivity index (χ0) is 18.3. The van der Waals surface area contributed by atoms with Gasteiger partial charge in [-0.2, -0.15) is 5.26 Å². The number of nitrogens with zero attached hydrogens (tertiary/aromatic N) is 1. The van der Waals surface area contributed by atoms with E-state index in [1.807, 2.05) is 6.07 Å². The zero-order valence-corrected chi connectivity index (χ0v) is 15.1. The first kappa shape index (κ1) is 19.3. The van der Waals surface area contributed by atoms with Crippen LogP contribution in [0.15, 0.2) is 29.2 Å². The Morgan fingerprint density at radius 1 is 1.36 bits per heavy atom. The van der Waals surface area contributed by atoms with Gasteiger partial charge in [0.05, 0.1) is 29.6 Å². The first-order chi connectivity index (χ1) is 11.9. The molecule has 134 valence electrons. The van der Waals surface area contributed by atoms with Crippen molar-refractivity contribution in [1.82, 2.24) is 5.32 Å². The normalized spacial score (nSPS) is 18.3. The fourth-order valence-corrected chi connectivity index (χ4v) is 5.91. The molecule has 1 saturated heterocycles. The summed E-state index contributed by atoms with van der Waals surface area (Å²) < 4.78 is 28.1. The molecule has 0 spiro atoms. The Morgan fingerprint density at radius 3 is 2.80 bits per heavy atom. The van der Waals surface area contributed by atoms with Gasteiger partial charge in [0.2, 0.25) is 0 Å². The Balaban J connectivity index is 1.94. The van der Waals surface area contributed by atoms with Crippen LogP contribution in [0.3, 0.4) is 0 Å². The van der Waals surface area contributed by atoms with E-state index < -0.39 is 28.3 Å². The summed E-state index contributed by atoms with van der Waals surface area (Å²) >= 11 is 1.34. The van der Waals surface area contributed by atoms with E-state index in [0.29, 0.717) is 16.9 Å². The number of hydrogen-bond donors (Lipinski definition) is 1. The molecule has 1 aliphatic rings. The van der Waals surface area contributed by atoms with E-state index in [2.05, 4.69) is 5.32 Å². The molecule has 7 nitrogen and oxygen atoms in total. The topological polar surface area (TPSA) is 113 Å². The predicted octanol–water partition coefficient (Wildman–Crippen LogP) is 1.15. The third-order valence-electron chi connectivity index (χ3n) is 3.48. The molecule has 2 rings (SSSR count). The largest absolute Gasteiger partial charge is 0.452 e. The Kier molecular flexibility index (Phi) is 6.84. The number of hydrogen-bond acceptors (Lipinski definition) is 7. The summed E-state index contributed by atoms with van der Waals surface area (Å²) in [5.41, 5.74) is 0.307. The van der Waals surface area contributed by atoms with Crippen molar-refractivity contribution >= 4 is 33.5 Å². The number of carbonyl (C=O) groups excluding carboxylic acids is 2. The molecule has 0 aromatic heterocycles. The van der Waals surface area contributed by atoms with E-state index in [4.69, 9.17) is 10.00 Å². The van der Waals surface area contributed by atoms with Crippen molar-refractivity contribution in [2.75, 3.05) is 24.7 Å². The van der Waals surface area contributed by atoms with Crippen LogP contribution in [-0.4, -0.2) is 50.2 Å². The highest BCUT2D eigenvalue weighted by Gasteiger charge is 2.29. The average molecular weight is 382 g/mol. The van der Waals surface area contributed by atoms with Crippen LogP contribution in [-0.2, 0) is 19.4 Å². The van der Waals surface area contributed by atoms with Crippen LogP contribution in [0.1, 0.15) is 23.2 Å². The van der Waals surface area contributed by atoms with Crippen LogP contribution in [0.4, 0.5) is 0 Å². The smallest absolute Gasteiger partial charge is 0.339 e. The summed E-state index contributed by atoms with van der Waals surface area (Å²) in [6.07, 6.45) is 0.737. The maximum atomic E-state index is 12.2. The molecule has 0 radical (unpaired) electrons. The molecule has 0 aliphatic carbocycles. The van der Waals surface area contributed by atoms with Gasteiger partial charge in [0.15, 0.2) is 16.4 Å². The molecule has 1 aromatic carbocycles. The highest BCUT2D eigenvalue weighted by atomic mass is 32.2. The van der Waals surface area contributed by atoms with Crippen molar-refractivity contribution in [3.8, 4) is 6.07 Å². The second kappa shape index (κ2) is 8.87. The SMILES string of the molecule is N#CCCNC(=O)COC(=O)c1ccccc1S[C@@H]1CCS(=O)(=O)C1. The molecule has 1 aromatic rings. The van der Waals surface area contributed by atoms with Crippen LogP contribution in [0.5, 0.6) is 0 Å². The number of sulfone groups is 1. The Hall–Kier alpha value is -2.05. The van der Waals surface area contributed by atoms with Gasteiger partial charge in [0.25, 0.3) is 5.91 Å². The van der Waals surface area contributed by atoms with E-state index in [1.165, 1.54) is 11.8 Å². The first-order valence-corrected chi connectivity index (χ1v) is 10.4. The molecule has 1 N–H and O–H groups in total. The summed E-state index contributed by atoms with van der Waals surface area (Å²) in [7, 11) is -2.99. The lowest BCUT2D eigenvalue weighted by molar-refractivity contribution is -0.124. The molecule has 1 aliphatic heterocycles. The number of ether oxygens (including phenoxy) is 1. The van der Waals surface area contributed by atoms with Crippen LogP contribution in [0.25, 0.3) is 0 Å². The fraction of sp³-hybridized carbons (Fsp3) is 0.438. The lowest BCUT2D eigenvalue weighted by Crippen LogP contribution is -2.29. The van der Waals surface area contributed by atoms with Crippen LogP contribution < -0.4 is 5.32 Å². The van der Waals surface area contributed by atoms with Crippen LogP contribution in [0.2, 0.25) is 0 Å². The number of carbonyl (C=O) groups is 2. The van der Waals surface area contributed by atoms with Crippen molar-refractivity contribution in [3.05, 3.63) is 29.8 Å².